The minimum atomic E-state index is -0.302. The van der Waals surface area contributed by atoms with Crippen molar-refractivity contribution in [1.29, 1.82) is 0 Å². The van der Waals surface area contributed by atoms with Gasteiger partial charge in [-0.15, -0.1) is 0 Å². The predicted molar refractivity (Wildman–Crippen MR) is 269 cm³/mol. The molecule has 1 aliphatic carbocycles. The first-order valence-electron chi connectivity index (χ1n) is 25.1. The molecule has 19 heteroatoms. The number of likely N-dealkylation sites (tertiary alicyclic amines) is 2. The summed E-state index contributed by atoms with van der Waals surface area (Å²) in [5.41, 5.74) is 8.95. The summed E-state index contributed by atoms with van der Waals surface area (Å²) in [5, 5.41) is 0.412. The van der Waals surface area contributed by atoms with Crippen LogP contribution >= 0.6 is 0 Å². The number of likely N-dealkylation sites (N-methyl/N-ethyl adjacent to an activating group) is 2. The number of carbonyl (C=O) groups excluding carboxylic acids is 2. The third kappa shape index (κ3) is 8.68. The van der Waals surface area contributed by atoms with Gasteiger partial charge in [-0.05, 0) is 83.3 Å². The normalized spacial score (nSPS) is 21.9. The van der Waals surface area contributed by atoms with Crippen LogP contribution in [0.1, 0.15) is 93.5 Å². The Kier molecular flexibility index (Phi) is 11.8. The summed E-state index contributed by atoms with van der Waals surface area (Å²) in [7, 11) is 4.36. The molecule has 5 fully saturated rings. The fraction of sp³-hybridized carbons (Fsp3) is 0.462. The molecule has 4 saturated heterocycles. The van der Waals surface area contributed by atoms with Crippen LogP contribution in [0.2, 0.25) is 0 Å². The Morgan fingerprint density at radius 1 is 0.648 bits per heavy atom. The number of aromatic nitrogens is 10. The van der Waals surface area contributed by atoms with E-state index >= 15 is 0 Å². The maximum atomic E-state index is 13.7. The topological polar surface area (TPSA) is 202 Å². The molecule has 5 aliphatic rings. The molecule has 19 nitrogen and oxygen atoms in total. The minimum Gasteiger partial charge on any atom is -0.368 e. The lowest BCUT2D eigenvalue weighted by Crippen LogP contribution is -2.52. The number of carbonyl (C=O) groups is 2. The second kappa shape index (κ2) is 18.6. The zero-order valence-electron chi connectivity index (χ0n) is 40.5. The first-order valence-corrected chi connectivity index (χ1v) is 25.1. The third-order valence-electron chi connectivity index (χ3n) is 15.9. The van der Waals surface area contributed by atoms with Gasteiger partial charge in [-0.25, -0.2) is 34.9 Å². The van der Waals surface area contributed by atoms with Crippen molar-refractivity contribution in [1.82, 2.24) is 69.4 Å². The Balaban J connectivity index is 0.649. The summed E-state index contributed by atoms with van der Waals surface area (Å²) in [6.07, 6.45) is 16.1. The molecular formula is C52H58N16O3. The molecular weight excluding hydrogens is 897 g/mol. The highest BCUT2D eigenvalue weighted by Crippen LogP contribution is 2.50. The number of nitrogens with one attached hydrogen (secondary N) is 1. The van der Waals surface area contributed by atoms with Crippen molar-refractivity contribution >= 4 is 56.3 Å². The van der Waals surface area contributed by atoms with E-state index in [9.17, 15) is 14.4 Å². The number of H-pyrrole nitrogens is 1. The van der Waals surface area contributed by atoms with Crippen molar-refractivity contribution in [2.75, 3.05) is 95.9 Å². The maximum absolute atomic E-state index is 13.7. The summed E-state index contributed by atoms with van der Waals surface area (Å²) in [6, 6.07) is 8.08. The predicted octanol–water partition coefficient (Wildman–Crippen LogP) is 4.41. The van der Waals surface area contributed by atoms with E-state index in [4.69, 9.17) is 29.9 Å². The first-order chi connectivity index (χ1) is 34.6. The van der Waals surface area contributed by atoms with Gasteiger partial charge >= 0.3 is 0 Å². The summed E-state index contributed by atoms with van der Waals surface area (Å²) in [4.78, 5) is 99.4. The molecule has 1 N–H and O–H groups in total. The number of nitrogens with zero attached hydrogens (tertiary/aromatic N) is 15. The van der Waals surface area contributed by atoms with Crippen LogP contribution in [0.15, 0.2) is 72.7 Å². The van der Waals surface area contributed by atoms with Gasteiger partial charge < -0.3 is 29.5 Å². The molecule has 4 aliphatic heterocycles. The third-order valence-corrected chi connectivity index (χ3v) is 15.9. The molecule has 1 saturated carbocycles. The van der Waals surface area contributed by atoms with Gasteiger partial charge in [0.05, 0.1) is 57.1 Å². The van der Waals surface area contributed by atoms with Crippen LogP contribution in [0.4, 0.5) is 11.4 Å². The van der Waals surface area contributed by atoms with Gasteiger partial charge in [0.25, 0.3) is 11.8 Å². The van der Waals surface area contributed by atoms with E-state index in [0.29, 0.717) is 67.6 Å². The molecule has 3 unspecified atom stereocenters. The number of amides is 2. The number of hydrogen-bond acceptors (Lipinski definition) is 16. The number of piperidine rings is 2. The van der Waals surface area contributed by atoms with Crippen molar-refractivity contribution in [2.45, 2.75) is 62.8 Å². The van der Waals surface area contributed by atoms with Gasteiger partial charge in [0.2, 0.25) is 5.43 Å². The molecule has 0 bridgehead atoms. The number of pyridine rings is 4. The lowest BCUT2D eigenvalue weighted by atomic mass is 9.92. The molecule has 7 aromatic heterocycles. The van der Waals surface area contributed by atoms with E-state index in [1.54, 1.807) is 42.1 Å². The highest BCUT2D eigenvalue weighted by Gasteiger charge is 2.48. The fourth-order valence-corrected chi connectivity index (χ4v) is 11.5. The SMILES string of the molecule is Cc1ccc2c(=O)c(C(=O)N3CCC(c4ncnc5cc(N6CCN(C)C(C7CC7c7ncc(C(=O)N8CCC(c9ncnc%10cc(N%11CCN(C)CC%11)cnc9%10)CC8)cn7)C6)cnc45)CC3)c[nH]c2n1. The Bertz CT molecular complexity index is 3220. The van der Waals surface area contributed by atoms with Crippen molar-refractivity contribution in [3.05, 3.63) is 112 Å². The van der Waals surface area contributed by atoms with Crippen molar-refractivity contribution in [2.24, 2.45) is 5.92 Å². The second-order valence-corrected chi connectivity index (χ2v) is 20.3. The van der Waals surface area contributed by atoms with Crippen LogP contribution in [0, 0.1) is 12.8 Å². The molecule has 3 atom stereocenters. The second-order valence-electron chi connectivity index (χ2n) is 20.3. The number of aromatic amines is 1. The van der Waals surface area contributed by atoms with Gasteiger partial charge in [0, 0.05) is 120 Å². The van der Waals surface area contributed by atoms with E-state index in [2.05, 4.69) is 65.8 Å². The number of rotatable bonds is 8. The van der Waals surface area contributed by atoms with Gasteiger partial charge in [-0.1, -0.05) is 0 Å². The standard InChI is InChI=1S/C52H58N16O3/c1-31-4-5-37-48(69)40(27-57-50(37)62-31)52(71)67-12-8-33(9-13-67)45-47-42(59-30-61-45)21-36(26-54-47)68-19-16-64(3)43(28-68)38-22-39(38)49-55-23-34(24-56-49)51(70)66-10-6-32(7-11-66)44-46-41(58-29-60-44)20-35(25-53-46)65-17-14-63(2)15-18-65/h4-5,20-21,23-27,29-30,32-33,38-39,43H,6-19,22,28H2,1-3H3,(H,57,62,69). The summed E-state index contributed by atoms with van der Waals surface area (Å²) in [5.74, 6) is 1.44. The monoisotopic (exact) mass is 954 g/mol. The van der Waals surface area contributed by atoms with Crippen molar-refractivity contribution < 1.29 is 9.59 Å². The highest BCUT2D eigenvalue weighted by molar-refractivity contribution is 5.97. The zero-order valence-corrected chi connectivity index (χ0v) is 40.5. The maximum Gasteiger partial charge on any atom is 0.259 e. The average molecular weight is 955 g/mol. The van der Waals surface area contributed by atoms with E-state index in [1.165, 1.54) is 6.20 Å². The summed E-state index contributed by atoms with van der Waals surface area (Å²) < 4.78 is 0. The first kappa shape index (κ1) is 45.0. The minimum absolute atomic E-state index is 0.0317. The van der Waals surface area contributed by atoms with Crippen molar-refractivity contribution in [3.63, 3.8) is 0 Å². The van der Waals surface area contributed by atoms with Crippen LogP contribution in [-0.4, -0.2) is 173 Å². The van der Waals surface area contributed by atoms with Gasteiger partial charge in [-0.3, -0.25) is 29.3 Å². The number of aryl methyl sites for hydroxylation is 1. The Hall–Kier alpha value is -7.12. The van der Waals surface area contributed by atoms with Crippen LogP contribution < -0.4 is 15.2 Å². The van der Waals surface area contributed by atoms with Gasteiger partial charge in [0.15, 0.2) is 0 Å². The van der Waals surface area contributed by atoms with Crippen molar-refractivity contribution in [3.8, 4) is 0 Å². The van der Waals surface area contributed by atoms with Crippen LogP contribution in [0.3, 0.4) is 0 Å². The molecule has 2 amide bonds. The van der Waals surface area contributed by atoms with E-state index in [1.807, 2.05) is 24.2 Å². The lowest BCUT2D eigenvalue weighted by molar-refractivity contribution is 0.0703. The highest BCUT2D eigenvalue weighted by atomic mass is 16.2. The Morgan fingerprint density at radius 2 is 1.24 bits per heavy atom. The molecule has 71 heavy (non-hydrogen) atoms. The molecule has 0 spiro atoms. The van der Waals surface area contributed by atoms with E-state index in [-0.39, 0.29) is 40.6 Å². The van der Waals surface area contributed by atoms with Crippen LogP contribution in [-0.2, 0) is 0 Å². The largest absolute Gasteiger partial charge is 0.368 e. The quantitative estimate of drug-likeness (QED) is 0.224. The van der Waals surface area contributed by atoms with Crippen LogP contribution in [0.25, 0.3) is 33.1 Å². The fourth-order valence-electron chi connectivity index (χ4n) is 11.5. The van der Waals surface area contributed by atoms with E-state index in [0.717, 1.165) is 121 Å². The summed E-state index contributed by atoms with van der Waals surface area (Å²) in [6.45, 7) is 10.8. The molecule has 12 rings (SSSR count). The molecule has 364 valence electrons. The molecule has 0 radical (unpaired) electrons. The van der Waals surface area contributed by atoms with Gasteiger partial charge in [0.1, 0.15) is 40.7 Å². The number of hydrogen-bond donors (Lipinski definition) is 1. The zero-order chi connectivity index (χ0) is 48.3. The summed E-state index contributed by atoms with van der Waals surface area (Å²) >= 11 is 0. The Labute approximate surface area is 410 Å². The van der Waals surface area contributed by atoms with E-state index < -0.39 is 0 Å². The number of piperazine rings is 2. The van der Waals surface area contributed by atoms with Crippen LogP contribution in [0.5, 0.6) is 0 Å². The van der Waals surface area contributed by atoms with Gasteiger partial charge in [-0.2, -0.15) is 0 Å². The smallest absolute Gasteiger partial charge is 0.259 e. The number of anilines is 2. The Morgan fingerprint density at radius 3 is 1.87 bits per heavy atom. The number of fused-ring (bicyclic) bond motifs is 3. The lowest BCUT2D eigenvalue weighted by Gasteiger charge is -2.41. The molecule has 0 aromatic carbocycles. The molecule has 11 heterocycles. The average Bonchev–Trinajstić information content (AvgIpc) is 4.21. The molecule has 7 aromatic rings.